The number of rotatable bonds is 9. The molecule has 0 fully saturated rings. The minimum atomic E-state index is 0.360. The second-order valence-electron chi connectivity index (χ2n) is 11.4. The lowest BCUT2D eigenvalue weighted by Gasteiger charge is -2.15. The van der Waals surface area contributed by atoms with Gasteiger partial charge in [0.05, 0.1) is 6.61 Å². The number of thiocarbonyl (C=S) groups is 1. The van der Waals surface area contributed by atoms with Crippen molar-refractivity contribution in [1.29, 1.82) is 0 Å². The lowest BCUT2D eigenvalue weighted by atomic mass is 9.98. The predicted octanol–water partition coefficient (Wildman–Crippen LogP) is 8.99. The van der Waals surface area contributed by atoms with Gasteiger partial charge in [-0.15, -0.1) is 5.10 Å². The smallest absolute Gasteiger partial charge is 0.169 e. The molecule has 0 bridgehead atoms. The topological polar surface area (TPSA) is 52.7 Å². The Balaban J connectivity index is 1.45. The van der Waals surface area contributed by atoms with Crippen molar-refractivity contribution in [1.82, 2.24) is 14.2 Å². The maximum atomic E-state index is 6.50. The van der Waals surface area contributed by atoms with Crippen molar-refractivity contribution in [3.63, 3.8) is 0 Å². The van der Waals surface area contributed by atoms with Crippen LogP contribution < -0.4 is 14.8 Å². The van der Waals surface area contributed by atoms with E-state index >= 15 is 0 Å². The van der Waals surface area contributed by atoms with E-state index in [9.17, 15) is 0 Å². The molecule has 5 aromatic rings. The van der Waals surface area contributed by atoms with Crippen LogP contribution in [0, 0.1) is 6.92 Å². The third kappa shape index (κ3) is 5.89. The van der Waals surface area contributed by atoms with E-state index in [0.29, 0.717) is 29.1 Å². The third-order valence-electron chi connectivity index (χ3n) is 7.98. The van der Waals surface area contributed by atoms with Crippen LogP contribution in [0.5, 0.6) is 11.5 Å². The molecule has 3 heterocycles. The molecule has 0 unspecified atom stereocenters. The van der Waals surface area contributed by atoms with Gasteiger partial charge < -0.3 is 19.4 Å². The Morgan fingerprint density at radius 2 is 1.79 bits per heavy atom. The summed E-state index contributed by atoms with van der Waals surface area (Å²) in [4.78, 5) is 0.605. The van der Waals surface area contributed by atoms with E-state index in [-0.39, 0.29) is 0 Å². The molecule has 0 amide bonds. The molecule has 222 valence electrons. The molecule has 43 heavy (non-hydrogen) atoms. The minimum absolute atomic E-state index is 0.360. The van der Waals surface area contributed by atoms with E-state index in [0.717, 1.165) is 71.3 Å². The highest BCUT2D eigenvalue weighted by molar-refractivity contribution is 7.81. The zero-order valence-corrected chi connectivity index (χ0v) is 26.7. The highest BCUT2D eigenvalue weighted by Crippen LogP contribution is 2.38. The fraction of sp³-hybridized carbons (Fsp3) is 0.314. The number of nitrogens with zero attached hydrogens (tertiary/aromatic N) is 3. The number of nitrogens with one attached hydrogen (secondary N) is 1. The number of hydrogen-bond donors (Lipinski definition) is 1. The lowest BCUT2D eigenvalue weighted by Crippen LogP contribution is -2.15. The molecule has 0 aliphatic carbocycles. The van der Waals surface area contributed by atoms with Gasteiger partial charge in [-0.05, 0) is 98.2 Å². The predicted molar refractivity (Wildman–Crippen MR) is 179 cm³/mol. The SMILES string of the molecule is CCOc1ccc(NC(=S)c2c(-c3ccc(Cl)cc3)c3c4n(c(COc5cc(C)ccc5C(C)C)nn24)CCCC3)cc1. The quantitative estimate of drug-likeness (QED) is 0.168. The molecular weight excluding hydrogens is 576 g/mol. The fourth-order valence-corrected chi connectivity index (χ4v) is 6.36. The Kier molecular flexibility index (Phi) is 8.46. The van der Waals surface area contributed by atoms with Crippen molar-refractivity contribution in [2.75, 3.05) is 11.9 Å². The zero-order valence-electron chi connectivity index (χ0n) is 25.1. The third-order valence-corrected chi connectivity index (χ3v) is 8.53. The van der Waals surface area contributed by atoms with Gasteiger partial charge in [-0.3, -0.25) is 0 Å². The molecule has 6 nitrogen and oxygen atoms in total. The molecule has 3 aromatic carbocycles. The zero-order chi connectivity index (χ0) is 30.1. The largest absolute Gasteiger partial charge is 0.494 e. The first-order valence-corrected chi connectivity index (χ1v) is 15.8. The van der Waals surface area contributed by atoms with Gasteiger partial charge >= 0.3 is 0 Å². The van der Waals surface area contributed by atoms with E-state index < -0.39 is 0 Å². The molecule has 6 rings (SSSR count). The molecular formula is C35H37ClN4O2S. The summed E-state index contributed by atoms with van der Waals surface area (Å²) >= 11 is 12.4. The maximum absolute atomic E-state index is 6.50. The van der Waals surface area contributed by atoms with Crippen LogP contribution in [0.3, 0.4) is 0 Å². The number of hydrogen-bond acceptors (Lipinski definition) is 4. The number of anilines is 1. The molecule has 1 N–H and O–H groups in total. The van der Waals surface area contributed by atoms with Crippen LogP contribution in [0.4, 0.5) is 5.69 Å². The van der Waals surface area contributed by atoms with Crippen LogP contribution in [0.25, 0.3) is 16.8 Å². The van der Waals surface area contributed by atoms with E-state index in [1.54, 1.807) is 0 Å². The summed E-state index contributed by atoms with van der Waals surface area (Å²) in [5.74, 6) is 2.99. The molecule has 0 saturated carbocycles. The van der Waals surface area contributed by atoms with Crippen LogP contribution in [-0.4, -0.2) is 25.8 Å². The Hall–Kier alpha value is -3.81. The van der Waals surface area contributed by atoms with E-state index in [1.807, 2.05) is 47.8 Å². The van der Waals surface area contributed by atoms with Gasteiger partial charge in [-0.2, -0.15) is 0 Å². The van der Waals surface area contributed by atoms with Gasteiger partial charge in [0.15, 0.2) is 5.82 Å². The van der Waals surface area contributed by atoms with Crippen LogP contribution in [0.1, 0.15) is 67.7 Å². The van der Waals surface area contributed by atoms with E-state index in [4.69, 9.17) is 38.4 Å². The molecule has 0 atom stereocenters. The summed E-state index contributed by atoms with van der Waals surface area (Å²) in [7, 11) is 0. The fourth-order valence-electron chi connectivity index (χ4n) is 5.93. The highest BCUT2D eigenvalue weighted by Gasteiger charge is 2.29. The van der Waals surface area contributed by atoms with Crippen LogP contribution in [0.2, 0.25) is 5.02 Å². The van der Waals surface area contributed by atoms with Crippen molar-refractivity contribution in [3.8, 4) is 22.6 Å². The van der Waals surface area contributed by atoms with Crippen molar-refractivity contribution in [2.24, 2.45) is 0 Å². The van der Waals surface area contributed by atoms with Gasteiger partial charge in [0, 0.05) is 28.4 Å². The molecule has 0 spiro atoms. The number of halogens is 1. The standard InChI is InChI=1S/C35H37ClN4O2S/c1-5-41-27-16-14-26(15-17-27)37-34(43)33-32(24-10-12-25(36)13-11-24)29-8-6-7-19-39-31(38-40(33)35(29)39)21-42-30-20-23(4)9-18-28(30)22(2)3/h9-18,20,22H,5-8,19,21H2,1-4H3,(H,37,43). The monoisotopic (exact) mass is 612 g/mol. The molecule has 1 aliphatic heterocycles. The summed E-state index contributed by atoms with van der Waals surface area (Å²) < 4.78 is 16.5. The summed E-state index contributed by atoms with van der Waals surface area (Å²) in [6.07, 6.45) is 3.09. The van der Waals surface area contributed by atoms with Crippen LogP contribution in [0.15, 0.2) is 66.7 Å². The Labute approximate surface area is 263 Å². The minimum Gasteiger partial charge on any atom is -0.494 e. The Morgan fingerprint density at radius 1 is 1.02 bits per heavy atom. The number of benzene rings is 3. The maximum Gasteiger partial charge on any atom is 0.169 e. The molecule has 1 aliphatic rings. The van der Waals surface area contributed by atoms with E-state index in [2.05, 4.69) is 61.0 Å². The van der Waals surface area contributed by atoms with Gasteiger partial charge in [0.2, 0.25) is 0 Å². The first-order valence-electron chi connectivity index (χ1n) is 15.0. The summed E-state index contributed by atoms with van der Waals surface area (Å²) in [5.41, 5.74) is 8.65. The summed E-state index contributed by atoms with van der Waals surface area (Å²) in [5, 5.41) is 9.36. The number of ether oxygens (including phenoxy) is 2. The first-order chi connectivity index (χ1) is 20.8. The van der Waals surface area contributed by atoms with Gasteiger partial charge in [-0.1, -0.05) is 61.9 Å². The molecule has 2 aromatic heterocycles. The van der Waals surface area contributed by atoms with Gasteiger partial charge in [-0.25, -0.2) is 4.52 Å². The second-order valence-corrected chi connectivity index (χ2v) is 12.2. The van der Waals surface area contributed by atoms with Crippen LogP contribution in [-0.2, 0) is 19.6 Å². The Bertz CT molecular complexity index is 1770. The molecule has 0 radical (unpaired) electrons. The summed E-state index contributed by atoms with van der Waals surface area (Å²) in [6.45, 7) is 10.3. The lowest BCUT2D eigenvalue weighted by molar-refractivity contribution is 0.284. The summed E-state index contributed by atoms with van der Waals surface area (Å²) in [6, 6.07) is 22.3. The van der Waals surface area contributed by atoms with Crippen molar-refractivity contribution >= 4 is 40.1 Å². The normalized spacial score (nSPS) is 12.9. The Morgan fingerprint density at radius 3 is 2.51 bits per heavy atom. The molecule has 0 saturated heterocycles. The average molecular weight is 613 g/mol. The van der Waals surface area contributed by atoms with Crippen molar-refractivity contribution in [3.05, 3.63) is 100.0 Å². The molecule has 8 heteroatoms. The second kappa shape index (κ2) is 12.4. The van der Waals surface area contributed by atoms with E-state index in [1.165, 1.54) is 16.7 Å². The van der Waals surface area contributed by atoms with Crippen LogP contribution >= 0.6 is 23.8 Å². The number of aromatic nitrogens is 3. The van der Waals surface area contributed by atoms with Crippen molar-refractivity contribution in [2.45, 2.75) is 66.0 Å². The number of aryl methyl sites for hydroxylation is 3. The highest BCUT2D eigenvalue weighted by atomic mass is 35.5. The van der Waals surface area contributed by atoms with Gasteiger partial charge in [0.25, 0.3) is 0 Å². The first kappa shape index (κ1) is 29.3. The average Bonchev–Trinajstić information content (AvgIpc) is 3.39. The van der Waals surface area contributed by atoms with Gasteiger partial charge in [0.1, 0.15) is 34.4 Å². The van der Waals surface area contributed by atoms with Crippen molar-refractivity contribution < 1.29 is 9.47 Å².